The lowest BCUT2D eigenvalue weighted by molar-refractivity contribution is 0.250. The molecular weight excluding hydrogens is 297 g/mol. The van der Waals surface area contributed by atoms with Crippen molar-refractivity contribution in [3.8, 4) is 5.75 Å². The lowest BCUT2D eigenvalue weighted by Crippen LogP contribution is -2.31. The Balaban J connectivity index is 3.16. The van der Waals surface area contributed by atoms with Crippen LogP contribution in [0.3, 0.4) is 0 Å². The summed E-state index contributed by atoms with van der Waals surface area (Å²) < 4.78 is 17.2. The summed E-state index contributed by atoms with van der Waals surface area (Å²) in [5.41, 5.74) is 1.12. The van der Waals surface area contributed by atoms with Gasteiger partial charge in [-0.05, 0) is 51.2 Å². The molecule has 2 atom stereocenters. The van der Waals surface area contributed by atoms with E-state index in [9.17, 15) is 0 Å². The van der Waals surface area contributed by atoms with Crippen LogP contribution in [-0.4, -0.2) is 32.7 Å². The fourth-order valence-electron chi connectivity index (χ4n) is 2.23. The molecule has 2 unspecified atom stereocenters. The van der Waals surface area contributed by atoms with Gasteiger partial charge in [-0.2, -0.15) is 0 Å². The Morgan fingerprint density at radius 1 is 1.09 bits per heavy atom. The molecule has 4 nitrogen and oxygen atoms in total. The van der Waals surface area contributed by atoms with Crippen molar-refractivity contribution in [1.29, 1.82) is 0 Å². The molecule has 0 amide bonds. The van der Waals surface area contributed by atoms with Crippen molar-refractivity contribution in [3.05, 3.63) is 29.8 Å². The van der Waals surface area contributed by atoms with Gasteiger partial charge in [0.1, 0.15) is 13.1 Å². The van der Waals surface area contributed by atoms with E-state index in [2.05, 4.69) is 37.6 Å². The molecule has 0 heterocycles. The van der Waals surface area contributed by atoms with Gasteiger partial charge in [-0.25, -0.2) is 0 Å². The van der Waals surface area contributed by atoms with Crippen LogP contribution in [-0.2, 0) is 9.05 Å². The quantitative estimate of drug-likeness (QED) is 0.645. The molecule has 126 valence electrons. The third kappa shape index (κ3) is 5.13. The minimum absolute atomic E-state index is 0.0479. The van der Waals surface area contributed by atoms with Crippen molar-refractivity contribution in [1.82, 2.24) is 5.32 Å². The molecule has 0 aliphatic rings. The number of rotatable bonds is 10. The van der Waals surface area contributed by atoms with E-state index in [4.69, 9.17) is 13.8 Å². The van der Waals surface area contributed by atoms with Gasteiger partial charge >= 0.3 is 0 Å². The molecule has 0 saturated carbocycles. The first-order valence-corrected chi connectivity index (χ1v) is 9.80. The van der Waals surface area contributed by atoms with E-state index in [0.29, 0.717) is 19.3 Å². The van der Waals surface area contributed by atoms with Crippen LogP contribution in [0, 0.1) is 0 Å². The van der Waals surface area contributed by atoms with E-state index in [1.165, 1.54) is 0 Å². The molecule has 5 heteroatoms. The molecule has 1 aromatic carbocycles. The summed E-state index contributed by atoms with van der Waals surface area (Å²) in [6, 6.07) is 8.38. The second kappa shape index (κ2) is 9.36. The average molecular weight is 327 g/mol. The van der Waals surface area contributed by atoms with E-state index in [1.54, 1.807) is 7.11 Å². The summed E-state index contributed by atoms with van der Waals surface area (Å²) >= 11 is 0. The first-order valence-electron chi connectivity index (χ1n) is 7.92. The highest BCUT2D eigenvalue weighted by molar-refractivity contribution is 7.64. The summed E-state index contributed by atoms with van der Waals surface area (Å²) in [7, 11) is -0.624. The van der Waals surface area contributed by atoms with Crippen LogP contribution in [0.15, 0.2) is 24.3 Å². The maximum Gasteiger partial charge on any atom is 0.138 e. The predicted molar refractivity (Wildman–Crippen MR) is 95.9 cm³/mol. The lowest BCUT2D eigenvalue weighted by atomic mass is 10.2. The summed E-state index contributed by atoms with van der Waals surface area (Å²) in [6.45, 7) is 9.46. The van der Waals surface area contributed by atoms with Crippen molar-refractivity contribution < 1.29 is 13.8 Å². The molecule has 0 aliphatic carbocycles. The fraction of sp³-hybridized carbons (Fsp3) is 0.588. The largest absolute Gasteiger partial charge is 0.497 e. The Morgan fingerprint density at radius 3 is 2.05 bits per heavy atom. The number of benzene rings is 1. The molecule has 0 aliphatic heterocycles. The van der Waals surface area contributed by atoms with Crippen LogP contribution < -0.4 is 10.1 Å². The van der Waals surface area contributed by atoms with Crippen LogP contribution in [0.1, 0.15) is 45.5 Å². The van der Waals surface area contributed by atoms with E-state index < -0.39 is 7.34 Å². The molecule has 22 heavy (non-hydrogen) atoms. The van der Waals surface area contributed by atoms with Crippen molar-refractivity contribution >= 4 is 13.6 Å². The smallest absolute Gasteiger partial charge is 0.138 e. The number of hydrogen-bond donors (Lipinski definition) is 1. The Kier molecular flexibility index (Phi) is 8.19. The highest BCUT2D eigenvalue weighted by Gasteiger charge is 2.30. The third-order valence-corrected chi connectivity index (χ3v) is 6.20. The van der Waals surface area contributed by atoms with Gasteiger partial charge in [-0.1, -0.05) is 19.1 Å². The van der Waals surface area contributed by atoms with Crippen LogP contribution in [0.4, 0.5) is 0 Å². The fourth-order valence-corrected chi connectivity index (χ4v) is 4.59. The first kappa shape index (κ1) is 19.2. The molecule has 0 bridgehead atoms. The van der Waals surface area contributed by atoms with Gasteiger partial charge in [0.15, 0.2) is 0 Å². The van der Waals surface area contributed by atoms with E-state index >= 15 is 0 Å². The number of methoxy groups -OCH3 is 1. The minimum Gasteiger partial charge on any atom is -0.497 e. The van der Waals surface area contributed by atoms with Crippen molar-refractivity contribution in [3.63, 3.8) is 0 Å². The molecule has 0 saturated heterocycles. The standard InChI is InChI=1S/C17H30NO3P/c1-7-14(4)18-17(22(6,20-8-2)21-9-3)15-10-12-16(19-5)13-11-15/h10-14,17-18H,6-9H2,1-5H3. The van der Waals surface area contributed by atoms with Gasteiger partial charge in [0.2, 0.25) is 0 Å². The zero-order valence-corrected chi connectivity index (χ0v) is 15.4. The molecule has 0 radical (unpaired) electrons. The summed E-state index contributed by atoms with van der Waals surface area (Å²) in [6.07, 6.45) is 5.36. The molecule has 0 aromatic heterocycles. The van der Waals surface area contributed by atoms with Crippen molar-refractivity contribution in [2.24, 2.45) is 0 Å². The molecule has 1 rings (SSSR count). The zero-order valence-electron chi connectivity index (χ0n) is 14.5. The molecule has 1 N–H and O–H groups in total. The van der Waals surface area contributed by atoms with Crippen LogP contribution in [0.5, 0.6) is 5.75 Å². The lowest BCUT2D eigenvalue weighted by Gasteiger charge is -2.35. The highest BCUT2D eigenvalue weighted by atomic mass is 31.2. The third-order valence-electron chi connectivity index (χ3n) is 3.57. The predicted octanol–water partition coefficient (Wildman–Crippen LogP) is 4.43. The van der Waals surface area contributed by atoms with E-state index in [-0.39, 0.29) is 5.78 Å². The van der Waals surface area contributed by atoms with Gasteiger partial charge < -0.3 is 19.1 Å². The van der Waals surface area contributed by atoms with E-state index in [1.807, 2.05) is 26.0 Å². The van der Waals surface area contributed by atoms with Gasteiger partial charge in [0.05, 0.1) is 26.1 Å². The second-order valence-corrected chi connectivity index (χ2v) is 7.70. The van der Waals surface area contributed by atoms with Crippen molar-refractivity contribution in [2.45, 2.75) is 45.9 Å². The SMILES string of the molecule is C=P(OCC)(OCC)C(NC(C)CC)c1ccc(OC)cc1. The zero-order chi connectivity index (χ0) is 16.6. The molecule has 0 fully saturated rings. The molecule has 1 aromatic rings. The van der Waals surface area contributed by atoms with Gasteiger partial charge in [-0.15, -0.1) is 0 Å². The van der Waals surface area contributed by atoms with Gasteiger partial charge in [0.25, 0.3) is 0 Å². The Hall–Kier alpha value is -0.800. The van der Waals surface area contributed by atoms with Gasteiger partial charge in [-0.3, -0.25) is 0 Å². The normalized spacial score (nSPS) is 14.6. The van der Waals surface area contributed by atoms with Crippen LogP contribution in [0.25, 0.3) is 0 Å². The Morgan fingerprint density at radius 2 is 1.64 bits per heavy atom. The second-order valence-electron chi connectivity index (χ2n) is 5.21. The summed E-state index contributed by atoms with van der Waals surface area (Å²) in [5.74, 6) is 0.792. The number of hydrogen-bond acceptors (Lipinski definition) is 4. The maximum atomic E-state index is 5.97. The maximum absolute atomic E-state index is 5.97. The summed E-state index contributed by atoms with van der Waals surface area (Å²) in [5, 5.41) is 3.63. The number of ether oxygens (including phenoxy) is 1. The Labute approximate surface area is 135 Å². The molecular formula is C17H30NO3P. The highest BCUT2D eigenvalue weighted by Crippen LogP contribution is 2.59. The van der Waals surface area contributed by atoms with Crippen LogP contribution in [0.2, 0.25) is 0 Å². The van der Waals surface area contributed by atoms with Gasteiger partial charge in [0, 0.05) is 6.04 Å². The van der Waals surface area contributed by atoms with Crippen molar-refractivity contribution in [2.75, 3.05) is 20.3 Å². The summed E-state index contributed by atoms with van der Waals surface area (Å²) in [4.78, 5) is 0. The minimum atomic E-state index is -2.29. The first-order chi connectivity index (χ1) is 10.5. The number of nitrogens with one attached hydrogen (secondary N) is 1. The average Bonchev–Trinajstić information content (AvgIpc) is 2.53. The Bertz CT molecular complexity index is 465. The van der Waals surface area contributed by atoms with E-state index in [0.717, 1.165) is 17.7 Å². The molecule has 0 spiro atoms. The monoisotopic (exact) mass is 327 g/mol. The topological polar surface area (TPSA) is 39.7 Å². The van der Waals surface area contributed by atoms with Crippen LogP contribution >= 0.6 is 7.34 Å².